The maximum Gasteiger partial charge on any atom is 0.191 e. The Hall–Kier alpha value is -2.47. The largest absolute Gasteiger partial charge is 0.354 e. The molecule has 2 rings (SSSR count). The van der Waals surface area contributed by atoms with Crippen LogP contribution in [0.3, 0.4) is 0 Å². The number of likely N-dealkylation sites (N-methyl/N-ethyl adjacent to an activating group) is 1. The van der Waals surface area contributed by atoms with E-state index in [-0.39, 0.29) is 11.9 Å². The Bertz CT molecular complexity index is 640. The van der Waals surface area contributed by atoms with Gasteiger partial charge in [-0.25, -0.2) is 4.39 Å². The standard InChI is InChI=1S/C18H24FN5/c1-20-18(22-12-16-6-4-5-11-21-16)23-13-17(24(2)3)14-7-9-15(19)10-8-14/h4-11,17H,12-13H2,1-3H3,(H2,20,22,23). The first-order valence-electron chi connectivity index (χ1n) is 7.86. The van der Waals surface area contributed by atoms with Crippen molar-refractivity contribution in [2.45, 2.75) is 12.6 Å². The molecule has 0 aliphatic heterocycles. The summed E-state index contributed by atoms with van der Waals surface area (Å²) in [4.78, 5) is 10.6. The molecule has 128 valence electrons. The number of guanidine groups is 1. The van der Waals surface area contributed by atoms with Crippen molar-refractivity contribution in [2.24, 2.45) is 4.99 Å². The van der Waals surface area contributed by atoms with Crippen molar-refractivity contribution in [3.05, 3.63) is 65.7 Å². The number of nitrogens with zero attached hydrogens (tertiary/aromatic N) is 3. The highest BCUT2D eigenvalue weighted by atomic mass is 19.1. The van der Waals surface area contributed by atoms with Crippen LogP contribution < -0.4 is 10.6 Å². The molecule has 1 unspecified atom stereocenters. The number of aliphatic imine (C=N–C) groups is 1. The SMILES string of the molecule is CN=C(NCc1ccccn1)NCC(c1ccc(F)cc1)N(C)C. The monoisotopic (exact) mass is 329 g/mol. The smallest absolute Gasteiger partial charge is 0.191 e. The van der Waals surface area contributed by atoms with Crippen molar-refractivity contribution >= 4 is 5.96 Å². The second-order valence-electron chi connectivity index (χ2n) is 5.66. The van der Waals surface area contributed by atoms with Crippen LogP contribution in [-0.2, 0) is 6.54 Å². The lowest BCUT2D eigenvalue weighted by Crippen LogP contribution is -2.41. The van der Waals surface area contributed by atoms with Crippen LogP contribution >= 0.6 is 0 Å². The summed E-state index contributed by atoms with van der Waals surface area (Å²) in [7, 11) is 5.73. The van der Waals surface area contributed by atoms with Gasteiger partial charge in [-0.2, -0.15) is 0 Å². The predicted molar refractivity (Wildman–Crippen MR) is 95.3 cm³/mol. The molecule has 0 fully saturated rings. The van der Waals surface area contributed by atoms with E-state index in [0.717, 1.165) is 11.3 Å². The van der Waals surface area contributed by atoms with Gasteiger partial charge in [0, 0.05) is 19.8 Å². The van der Waals surface area contributed by atoms with Gasteiger partial charge in [-0.05, 0) is 43.9 Å². The van der Waals surface area contributed by atoms with Gasteiger partial charge in [-0.1, -0.05) is 18.2 Å². The molecule has 0 aliphatic rings. The van der Waals surface area contributed by atoms with E-state index < -0.39 is 0 Å². The first-order valence-corrected chi connectivity index (χ1v) is 7.86. The molecule has 1 aromatic carbocycles. The molecule has 1 heterocycles. The summed E-state index contributed by atoms with van der Waals surface area (Å²) < 4.78 is 13.1. The summed E-state index contributed by atoms with van der Waals surface area (Å²) in [6, 6.07) is 12.5. The Morgan fingerprint density at radius 2 is 1.92 bits per heavy atom. The molecule has 5 nitrogen and oxygen atoms in total. The van der Waals surface area contributed by atoms with Gasteiger partial charge in [0.2, 0.25) is 0 Å². The third kappa shape index (κ3) is 5.31. The Morgan fingerprint density at radius 3 is 2.50 bits per heavy atom. The van der Waals surface area contributed by atoms with Gasteiger partial charge in [0.1, 0.15) is 5.82 Å². The van der Waals surface area contributed by atoms with Crippen molar-refractivity contribution in [1.82, 2.24) is 20.5 Å². The summed E-state index contributed by atoms with van der Waals surface area (Å²) in [5.41, 5.74) is 2.00. The van der Waals surface area contributed by atoms with Gasteiger partial charge in [0.05, 0.1) is 18.3 Å². The summed E-state index contributed by atoms with van der Waals surface area (Å²) in [6.07, 6.45) is 1.77. The maximum absolute atomic E-state index is 13.1. The molecule has 6 heteroatoms. The van der Waals surface area contributed by atoms with Gasteiger partial charge < -0.3 is 15.5 Å². The Morgan fingerprint density at radius 1 is 1.17 bits per heavy atom. The molecular weight excluding hydrogens is 305 g/mol. The number of hydrogen-bond acceptors (Lipinski definition) is 3. The minimum Gasteiger partial charge on any atom is -0.354 e. The van der Waals surface area contributed by atoms with Gasteiger partial charge >= 0.3 is 0 Å². The van der Waals surface area contributed by atoms with Crippen LogP contribution in [0.25, 0.3) is 0 Å². The fraction of sp³-hybridized carbons (Fsp3) is 0.333. The van der Waals surface area contributed by atoms with E-state index in [0.29, 0.717) is 19.0 Å². The summed E-state index contributed by atoms with van der Waals surface area (Å²) >= 11 is 0. The number of nitrogens with one attached hydrogen (secondary N) is 2. The molecule has 24 heavy (non-hydrogen) atoms. The minimum atomic E-state index is -0.225. The van der Waals surface area contributed by atoms with Crippen molar-refractivity contribution < 1.29 is 4.39 Å². The maximum atomic E-state index is 13.1. The fourth-order valence-electron chi connectivity index (χ4n) is 2.37. The fourth-order valence-corrected chi connectivity index (χ4v) is 2.37. The van der Waals surface area contributed by atoms with Crippen LogP contribution in [0.4, 0.5) is 4.39 Å². The Labute approximate surface area is 142 Å². The van der Waals surface area contributed by atoms with Gasteiger partial charge in [-0.15, -0.1) is 0 Å². The van der Waals surface area contributed by atoms with Gasteiger partial charge in [0.15, 0.2) is 5.96 Å². The van der Waals surface area contributed by atoms with Crippen molar-refractivity contribution in [1.29, 1.82) is 0 Å². The van der Waals surface area contributed by atoms with E-state index in [4.69, 9.17) is 0 Å². The lowest BCUT2D eigenvalue weighted by molar-refractivity contribution is 0.298. The zero-order chi connectivity index (χ0) is 17.4. The van der Waals surface area contributed by atoms with Crippen LogP contribution in [0.5, 0.6) is 0 Å². The molecule has 1 atom stereocenters. The zero-order valence-electron chi connectivity index (χ0n) is 14.3. The number of aromatic nitrogens is 1. The lowest BCUT2D eigenvalue weighted by Gasteiger charge is -2.26. The van der Waals surface area contributed by atoms with Crippen LogP contribution in [0.15, 0.2) is 53.7 Å². The average Bonchev–Trinajstić information content (AvgIpc) is 2.60. The molecule has 0 saturated carbocycles. The number of rotatable bonds is 6. The number of benzene rings is 1. The molecule has 0 saturated heterocycles. The second-order valence-corrected chi connectivity index (χ2v) is 5.66. The lowest BCUT2D eigenvalue weighted by atomic mass is 10.1. The quantitative estimate of drug-likeness (QED) is 0.630. The van der Waals surface area contributed by atoms with Gasteiger partial charge in [-0.3, -0.25) is 9.98 Å². The molecular formula is C18H24FN5. The van der Waals surface area contributed by atoms with E-state index in [1.165, 1.54) is 12.1 Å². The van der Waals surface area contributed by atoms with Crippen LogP contribution in [0.1, 0.15) is 17.3 Å². The summed E-state index contributed by atoms with van der Waals surface area (Å²) in [6.45, 7) is 1.25. The van der Waals surface area contributed by atoms with Crippen LogP contribution in [0, 0.1) is 5.82 Å². The highest BCUT2D eigenvalue weighted by Gasteiger charge is 2.14. The molecule has 0 amide bonds. The highest BCUT2D eigenvalue weighted by molar-refractivity contribution is 5.79. The zero-order valence-corrected chi connectivity index (χ0v) is 14.3. The molecule has 0 aliphatic carbocycles. The highest BCUT2D eigenvalue weighted by Crippen LogP contribution is 2.17. The Balaban J connectivity index is 1.93. The van der Waals surface area contributed by atoms with Gasteiger partial charge in [0.25, 0.3) is 0 Å². The average molecular weight is 329 g/mol. The molecule has 2 N–H and O–H groups in total. The van der Waals surface area contributed by atoms with E-state index in [1.807, 2.05) is 44.4 Å². The van der Waals surface area contributed by atoms with Crippen molar-refractivity contribution in [3.63, 3.8) is 0 Å². The second kappa shape index (κ2) is 8.98. The predicted octanol–water partition coefficient (Wildman–Crippen LogP) is 2.19. The minimum absolute atomic E-state index is 0.110. The summed E-state index contributed by atoms with van der Waals surface area (Å²) in [5.74, 6) is 0.478. The number of pyridine rings is 1. The van der Waals surface area contributed by atoms with E-state index in [2.05, 4.69) is 25.5 Å². The topological polar surface area (TPSA) is 52.6 Å². The van der Waals surface area contributed by atoms with E-state index >= 15 is 0 Å². The molecule has 0 spiro atoms. The molecule has 2 aromatic rings. The van der Waals surface area contributed by atoms with Crippen molar-refractivity contribution in [2.75, 3.05) is 27.7 Å². The first kappa shape index (κ1) is 17.9. The normalized spacial score (nSPS) is 13.0. The number of halogens is 1. The van der Waals surface area contributed by atoms with Crippen molar-refractivity contribution in [3.8, 4) is 0 Å². The van der Waals surface area contributed by atoms with Crippen LogP contribution in [0.2, 0.25) is 0 Å². The van der Waals surface area contributed by atoms with E-state index in [9.17, 15) is 4.39 Å². The summed E-state index contributed by atoms with van der Waals surface area (Å²) in [5, 5.41) is 6.55. The van der Waals surface area contributed by atoms with Crippen LogP contribution in [-0.4, -0.2) is 43.5 Å². The molecule has 0 bridgehead atoms. The molecule has 1 aromatic heterocycles. The number of hydrogen-bond donors (Lipinski definition) is 2. The van der Waals surface area contributed by atoms with E-state index in [1.54, 1.807) is 13.2 Å². The third-order valence-corrected chi connectivity index (χ3v) is 3.73. The molecule has 0 radical (unpaired) electrons. The Kier molecular flexibility index (Phi) is 6.69. The third-order valence-electron chi connectivity index (χ3n) is 3.73. The first-order chi connectivity index (χ1) is 11.6.